The van der Waals surface area contributed by atoms with Crippen LogP contribution in [0.2, 0.25) is 0 Å². The molecule has 0 spiro atoms. The van der Waals surface area contributed by atoms with E-state index >= 15 is 0 Å². The molecule has 1 aromatic rings. The number of aliphatic hydroxyl groups is 1. The van der Waals surface area contributed by atoms with E-state index in [1.807, 2.05) is 11.8 Å². The second-order valence-corrected chi connectivity index (χ2v) is 6.63. The minimum Gasteiger partial charge on any atom is -0.473 e. The molecular formula is C15H20N2O3S. The van der Waals surface area contributed by atoms with Crippen LogP contribution in [0.3, 0.4) is 0 Å². The van der Waals surface area contributed by atoms with E-state index in [0.717, 1.165) is 17.9 Å². The number of nitrogens with zero attached hydrogens (tertiary/aromatic N) is 2. The van der Waals surface area contributed by atoms with Crippen molar-refractivity contribution in [1.29, 1.82) is 0 Å². The van der Waals surface area contributed by atoms with Gasteiger partial charge in [0.15, 0.2) is 0 Å². The molecule has 1 unspecified atom stereocenters. The molecule has 2 aliphatic rings. The van der Waals surface area contributed by atoms with Gasteiger partial charge >= 0.3 is 0 Å². The lowest BCUT2D eigenvalue weighted by molar-refractivity contribution is 0.0540. The average Bonchev–Trinajstić information content (AvgIpc) is 3.01. The zero-order valence-electron chi connectivity index (χ0n) is 11.9. The van der Waals surface area contributed by atoms with E-state index in [1.165, 1.54) is 0 Å². The van der Waals surface area contributed by atoms with Crippen molar-refractivity contribution in [2.24, 2.45) is 0 Å². The Labute approximate surface area is 128 Å². The molecule has 2 aliphatic heterocycles. The van der Waals surface area contributed by atoms with Crippen LogP contribution >= 0.6 is 11.8 Å². The summed E-state index contributed by atoms with van der Waals surface area (Å²) in [5, 5.41) is 9.55. The Balaban J connectivity index is 1.73. The van der Waals surface area contributed by atoms with Crippen LogP contribution in [0.5, 0.6) is 5.88 Å². The van der Waals surface area contributed by atoms with Gasteiger partial charge in [-0.1, -0.05) is 0 Å². The molecule has 0 bridgehead atoms. The van der Waals surface area contributed by atoms with Crippen LogP contribution < -0.4 is 4.74 Å². The van der Waals surface area contributed by atoms with Crippen molar-refractivity contribution in [3.63, 3.8) is 0 Å². The Bertz CT molecular complexity index is 497. The summed E-state index contributed by atoms with van der Waals surface area (Å²) in [5.41, 5.74) is 0.533. The van der Waals surface area contributed by atoms with E-state index in [1.54, 1.807) is 23.2 Å². The maximum absolute atomic E-state index is 12.6. The monoisotopic (exact) mass is 308 g/mol. The van der Waals surface area contributed by atoms with Crippen LogP contribution in [0.4, 0.5) is 0 Å². The lowest BCUT2D eigenvalue weighted by Crippen LogP contribution is -2.40. The van der Waals surface area contributed by atoms with Gasteiger partial charge in [0.05, 0.1) is 6.10 Å². The number of hydrogen-bond donors (Lipinski definition) is 1. The number of ether oxygens (including phenoxy) is 1. The first-order valence-electron chi connectivity index (χ1n) is 7.41. The van der Waals surface area contributed by atoms with Crippen LogP contribution in [-0.2, 0) is 0 Å². The van der Waals surface area contributed by atoms with Gasteiger partial charge in [0.25, 0.3) is 5.91 Å². The van der Waals surface area contributed by atoms with Crippen molar-refractivity contribution in [3.05, 3.63) is 23.9 Å². The van der Waals surface area contributed by atoms with Crippen molar-refractivity contribution in [1.82, 2.24) is 9.88 Å². The molecule has 1 atom stereocenters. The predicted molar refractivity (Wildman–Crippen MR) is 81.7 cm³/mol. The fourth-order valence-electron chi connectivity index (χ4n) is 2.65. The number of carbonyl (C=O) groups is 1. The molecule has 21 heavy (non-hydrogen) atoms. The molecule has 1 amide bonds. The van der Waals surface area contributed by atoms with E-state index in [2.05, 4.69) is 4.98 Å². The third-order valence-corrected chi connectivity index (χ3v) is 5.05. The highest BCUT2D eigenvalue weighted by atomic mass is 32.2. The molecule has 114 valence electrons. The maximum Gasteiger partial charge on any atom is 0.259 e. The zero-order valence-corrected chi connectivity index (χ0v) is 12.7. The number of amides is 1. The lowest BCUT2D eigenvalue weighted by Gasteiger charge is -2.30. The van der Waals surface area contributed by atoms with Crippen LogP contribution in [0.15, 0.2) is 18.3 Å². The first-order chi connectivity index (χ1) is 10.2. The Morgan fingerprint density at radius 1 is 1.38 bits per heavy atom. The molecular weight excluding hydrogens is 288 g/mol. The minimum absolute atomic E-state index is 0.0457. The van der Waals surface area contributed by atoms with E-state index < -0.39 is 0 Å². The second-order valence-electron chi connectivity index (χ2n) is 5.48. The third-order valence-electron chi connectivity index (χ3n) is 3.92. The largest absolute Gasteiger partial charge is 0.473 e. The predicted octanol–water partition coefficient (Wildman–Crippen LogP) is 1.56. The number of carbonyl (C=O) groups excluding carboxylic acids is 1. The molecule has 3 rings (SSSR count). The van der Waals surface area contributed by atoms with Gasteiger partial charge in [-0.05, 0) is 37.1 Å². The molecule has 0 saturated carbocycles. The van der Waals surface area contributed by atoms with Gasteiger partial charge in [0.1, 0.15) is 11.7 Å². The van der Waals surface area contributed by atoms with E-state index in [0.29, 0.717) is 37.4 Å². The highest BCUT2D eigenvalue weighted by Crippen LogP contribution is 2.25. The first-order valence-corrected chi connectivity index (χ1v) is 8.56. The van der Waals surface area contributed by atoms with Crippen LogP contribution in [0.1, 0.15) is 29.6 Å². The average molecular weight is 308 g/mol. The van der Waals surface area contributed by atoms with Crippen molar-refractivity contribution in [3.8, 4) is 5.88 Å². The van der Waals surface area contributed by atoms with Gasteiger partial charge in [-0.25, -0.2) is 4.98 Å². The summed E-state index contributed by atoms with van der Waals surface area (Å²) < 4.78 is 5.91. The van der Waals surface area contributed by atoms with Crippen molar-refractivity contribution in [2.75, 3.05) is 24.6 Å². The quantitative estimate of drug-likeness (QED) is 0.918. The van der Waals surface area contributed by atoms with Gasteiger partial charge in [-0.15, -0.1) is 0 Å². The molecule has 5 nitrogen and oxygen atoms in total. The number of aromatic nitrogens is 1. The van der Waals surface area contributed by atoms with Crippen LogP contribution in [-0.4, -0.2) is 57.7 Å². The molecule has 0 aliphatic carbocycles. The summed E-state index contributed by atoms with van der Waals surface area (Å²) in [5.74, 6) is 2.46. The molecule has 3 heterocycles. The maximum atomic E-state index is 12.6. The van der Waals surface area contributed by atoms with Gasteiger partial charge in [0.2, 0.25) is 5.88 Å². The Kier molecular flexibility index (Phi) is 4.65. The number of rotatable bonds is 3. The van der Waals surface area contributed by atoms with Crippen LogP contribution in [0, 0.1) is 0 Å². The van der Waals surface area contributed by atoms with Gasteiger partial charge in [-0.3, -0.25) is 4.79 Å². The molecule has 1 aromatic heterocycles. The van der Waals surface area contributed by atoms with Gasteiger partial charge in [-0.2, -0.15) is 11.8 Å². The highest BCUT2D eigenvalue weighted by molar-refractivity contribution is 7.99. The fourth-order valence-corrected chi connectivity index (χ4v) is 3.74. The molecule has 0 aromatic carbocycles. The summed E-state index contributed by atoms with van der Waals surface area (Å²) in [6, 6.07) is 3.54. The normalized spacial score (nSPS) is 23.3. The number of piperidine rings is 1. The summed E-state index contributed by atoms with van der Waals surface area (Å²) in [6.07, 6.45) is 3.82. The number of aliphatic hydroxyl groups excluding tert-OH is 1. The summed E-state index contributed by atoms with van der Waals surface area (Å²) in [7, 11) is 0. The van der Waals surface area contributed by atoms with Gasteiger partial charge < -0.3 is 14.7 Å². The van der Waals surface area contributed by atoms with E-state index in [-0.39, 0.29) is 18.1 Å². The lowest BCUT2D eigenvalue weighted by atomic mass is 10.1. The summed E-state index contributed by atoms with van der Waals surface area (Å²) in [4.78, 5) is 18.6. The Morgan fingerprint density at radius 3 is 2.90 bits per heavy atom. The van der Waals surface area contributed by atoms with Crippen molar-refractivity contribution >= 4 is 17.7 Å². The van der Waals surface area contributed by atoms with E-state index in [4.69, 9.17) is 4.74 Å². The molecule has 1 N–H and O–H groups in total. The Hall–Kier alpha value is -1.27. The minimum atomic E-state index is -0.283. The van der Waals surface area contributed by atoms with Crippen LogP contribution in [0.25, 0.3) is 0 Å². The Morgan fingerprint density at radius 2 is 2.19 bits per heavy atom. The number of hydrogen-bond acceptors (Lipinski definition) is 5. The number of pyridine rings is 1. The molecule has 2 fully saturated rings. The fraction of sp³-hybridized carbons (Fsp3) is 0.600. The van der Waals surface area contributed by atoms with Crippen molar-refractivity contribution < 1.29 is 14.6 Å². The molecule has 0 radical (unpaired) electrons. The number of thioether (sulfide) groups is 1. The summed E-state index contributed by atoms with van der Waals surface area (Å²) in [6.45, 7) is 1.18. The van der Waals surface area contributed by atoms with Gasteiger partial charge in [0, 0.05) is 25.0 Å². The SMILES string of the molecule is O=C(c1cccnc1OC1CCSC1)N1CCC(O)CC1. The highest BCUT2D eigenvalue weighted by Gasteiger charge is 2.26. The standard InChI is InChI=1S/C15H20N2O3S/c18-11-3-7-17(8-4-11)15(19)13-2-1-6-16-14(13)20-12-5-9-21-10-12/h1-2,6,11-12,18H,3-5,7-10H2. The first kappa shape index (κ1) is 14.7. The van der Waals surface area contributed by atoms with Crippen molar-refractivity contribution in [2.45, 2.75) is 31.5 Å². The molecule has 6 heteroatoms. The zero-order chi connectivity index (χ0) is 14.7. The summed E-state index contributed by atoms with van der Waals surface area (Å²) >= 11 is 1.87. The van der Waals surface area contributed by atoms with E-state index in [9.17, 15) is 9.90 Å². The number of likely N-dealkylation sites (tertiary alicyclic amines) is 1. The third kappa shape index (κ3) is 3.49. The smallest absolute Gasteiger partial charge is 0.259 e. The second kappa shape index (κ2) is 6.66. The molecule has 2 saturated heterocycles. The topological polar surface area (TPSA) is 62.7 Å².